The number of hydrogen-bond donors (Lipinski definition) is 1. The SMILES string of the molecule is O=C(O)Cc1nc(-c2cccs2)cs1. The maximum Gasteiger partial charge on any atom is 0.310 e. The van der Waals surface area contributed by atoms with Crippen LogP contribution in [0.1, 0.15) is 5.01 Å². The zero-order valence-electron chi connectivity index (χ0n) is 7.14. The van der Waals surface area contributed by atoms with Crippen molar-refractivity contribution in [3.05, 3.63) is 27.9 Å². The molecule has 0 radical (unpaired) electrons. The highest BCUT2D eigenvalue weighted by Crippen LogP contribution is 2.26. The van der Waals surface area contributed by atoms with Crippen LogP contribution in [-0.2, 0) is 11.2 Å². The van der Waals surface area contributed by atoms with Gasteiger partial charge in [-0.25, -0.2) is 4.98 Å². The van der Waals surface area contributed by atoms with Crippen molar-refractivity contribution in [3.63, 3.8) is 0 Å². The summed E-state index contributed by atoms with van der Waals surface area (Å²) in [6, 6.07) is 3.93. The molecule has 2 aromatic heterocycles. The molecular formula is C9H7NO2S2. The van der Waals surface area contributed by atoms with Gasteiger partial charge in [-0.1, -0.05) is 6.07 Å². The van der Waals surface area contributed by atoms with Gasteiger partial charge in [0.2, 0.25) is 0 Å². The zero-order chi connectivity index (χ0) is 9.97. The topological polar surface area (TPSA) is 50.2 Å². The molecule has 2 rings (SSSR count). The van der Waals surface area contributed by atoms with Crippen LogP contribution in [0.5, 0.6) is 0 Å². The molecule has 0 bridgehead atoms. The van der Waals surface area contributed by atoms with Crippen molar-refractivity contribution in [1.82, 2.24) is 4.98 Å². The van der Waals surface area contributed by atoms with Crippen molar-refractivity contribution >= 4 is 28.6 Å². The molecule has 0 fully saturated rings. The molecule has 2 aromatic rings. The highest BCUT2D eigenvalue weighted by Gasteiger charge is 2.07. The Kier molecular flexibility index (Phi) is 2.60. The number of thiophene rings is 1. The number of carbonyl (C=O) groups is 1. The van der Waals surface area contributed by atoms with Crippen molar-refractivity contribution in [2.45, 2.75) is 6.42 Å². The summed E-state index contributed by atoms with van der Waals surface area (Å²) in [4.78, 5) is 15.8. The molecule has 0 aliphatic carbocycles. The van der Waals surface area contributed by atoms with E-state index in [0.29, 0.717) is 5.01 Å². The Balaban J connectivity index is 2.22. The third-order valence-electron chi connectivity index (χ3n) is 1.63. The summed E-state index contributed by atoms with van der Waals surface area (Å²) in [5, 5.41) is 13.1. The lowest BCUT2D eigenvalue weighted by molar-refractivity contribution is -0.136. The smallest absolute Gasteiger partial charge is 0.310 e. The highest BCUT2D eigenvalue weighted by atomic mass is 32.1. The Morgan fingerprint density at radius 1 is 1.50 bits per heavy atom. The van der Waals surface area contributed by atoms with Gasteiger partial charge >= 0.3 is 5.97 Å². The average molecular weight is 225 g/mol. The number of carboxylic acid groups (broad SMARTS) is 1. The van der Waals surface area contributed by atoms with E-state index >= 15 is 0 Å². The van der Waals surface area contributed by atoms with Crippen molar-refractivity contribution in [2.75, 3.05) is 0 Å². The summed E-state index contributed by atoms with van der Waals surface area (Å²) in [6.07, 6.45) is 0.00996. The van der Waals surface area contributed by atoms with Crippen molar-refractivity contribution in [3.8, 4) is 10.6 Å². The summed E-state index contributed by atoms with van der Waals surface area (Å²) >= 11 is 3.00. The first kappa shape index (κ1) is 9.36. The first-order valence-corrected chi connectivity index (χ1v) is 5.72. The van der Waals surface area contributed by atoms with Gasteiger partial charge in [0.05, 0.1) is 17.0 Å². The van der Waals surface area contributed by atoms with Gasteiger partial charge in [-0.05, 0) is 11.4 Å². The molecule has 72 valence electrons. The molecule has 0 aliphatic heterocycles. The maximum atomic E-state index is 10.4. The van der Waals surface area contributed by atoms with Crippen LogP contribution in [-0.4, -0.2) is 16.1 Å². The van der Waals surface area contributed by atoms with Crippen LogP contribution in [0, 0.1) is 0 Å². The largest absolute Gasteiger partial charge is 0.481 e. The lowest BCUT2D eigenvalue weighted by Crippen LogP contribution is -1.98. The van der Waals surface area contributed by atoms with Gasteiger partial charge in [0.15, 0.2) is 0 Å². The molecule has 3 nitrogen and oxygen atoms in total. The Morgan fingerprint density at radius 3 is 3.00 bits per heavy atom. The molecule has 0 aliphatic rings. The number of aliphatic carboxylic acids is 1. The number of carboxylic acids is 1. The van der Waals surface area contributed by atoms with Gasteiger partial charge in [0, 0.05) is 5.38 Å². The van der Waals surface area contributed by atoms with E-state index in [2.05, 4.69) is 4.98 Å². The van der Waals surface area contributed by atoms with Crippen LogP contribution in [0.4, 0.5) is 0 Å². The number of rotatable bonds is 3. The molecule has 0 unspecified atom stereocenters. The number of thiazole rings is 1. The minimum absolute atomic E-state index is 0.00996. The third-order valence-corrected chi connectivity index (χ3v) is 3.37. The molecular weight excluding hydrogens is 218 g/mol. The monoisotopic (exact) mass is 225 g/mol. The van der Waals surface area contributed by atoms with Crippen molar-refractivity contribution < 1.29 is 9.90 Å². The van der Waals surface area contributed by atoms with E-state index in [9.17, 15) is 4.79 Å². The van der Waals surface area contributed by atoms with E-state index in [1.54, 1.807) is 11.3 Å². The second kappa shape index (κ2) is 3.89. The van der Waals surface area contributed by atoms with E-state index in [-0.39, 0.29) is 6.42 Å². The summed E-state index contributed by atoms with van der Waals surface area (Å²) in [5.41, 5.74) is 0.876. The Bertz CT molecular complexity index is 433. The quantitative estimate of drug-likeness (QED) is 0.873. The summed E-state index contributed by atoms with van der Waals surface area (Å²) in [5.74, 6) is -0.836. The predicted molar refractivity (Wildman–Crippen MR) is 56.8 cm³/mol. The van der Waals surface area contributed by atoms with Gasteiger partial charge < -0.3 is 5.11 Å². The summed E-state index contributed by atoms with van der Waals surface area (Å²) in [6.45, 7) is 0. The molecule has 5 heteroatoms. The van der Waals surface area contributed by atoms with Crippen LogP contribution in [0.15, 0.2) is 22.9 Å². The van der Waals surface area contributed by atoms with E-state index in [1.165, 1.54) is 11.3 Å². The van der Waals surface area contributed by atoms with E-state index in [1.807, 2.05) is 22.9 Å². The number of aromatic nitrogens is 1. The van der Waals surface area contributed by atoms with Gasteiger partial charge in [-0.3, -0.25) is 4.79 Å². The maximum absolute atomic E-state index is 10.4. The van der Waals surface area contributed by atoms with Gasteiger partial charge in [-0.2, -0.15) is 0 Å². The van der Waals surface area contributed by atoms with Crippen LogP contribution in [0.25, 0.3) is 10.6 Å². The molecule has 14 heavy (non-hydrogen) atoms. The molecule has 0 amide bonds. The lowest BCUT2D eigenvalue weighted by Gasteiger charge is -1.88. The predicted octanol–water partition coefficient (Wildman–Crippen LogP) is 2.50. The van der Waals surface area contributed by atoms with Gasteiger partial charge in [0.25, 0.3) is 0 Å². The second-order valence-corrected chi connectivity index (χ2v) is 4.56. The Hall–Kier alpha value is -1.20. The Morgan fingerprint density at radius 2 is 2.36 bits per heavy atom. The van der Waals surface area contributed by atoms with Crippen molar-refractivity contribution in [2.24, 2.45) is 0 Å². The first-order chi connectivity index (χ1) is 6.75. The van der Waals surface area contributed by atoms with E-state index < -0.39 is 5.97 Å². The molecule has 0 spiro atoms. The molecule has 0 aromatic carbocycles. The molecule has 2 heterocycles. The first-order valence-electron chi connectivity index (χ1n) is 3.96. The van der Waals surface area contributed by atoms with Crippen LogP contribution in [0.2, 0.25) is 0 Å². The number of hydrogen-bond acceptors (Lipinski definition) is 4. The normalized spacial score (nSPS) is 10.3. The second-order valence-electron chi connectivity index (χ2n) is 2.67. The Labute approximate surface area is 88.7 Å². The molecule has 1 N–H and O–H groups in total. The molecule has 0 saturated carbocycles. The van der Waals surface area contributed by atoms with Crippen molar-refractivity contribution in [1.29, 1.82) is 0 Å². The van der Waals surface area contributed by atoms with Gasteiger partial charge in [-0.15, -0.1) is 22.7 Å². The standard InChI is InChI=1S/C9H7NO2S2/c11-9(12)4-8-10-6(5-14-8)7-2-1-3-13-7/h1-3,5H,4H2,(H,11,12). The summed E-state index contributed by atoms with van der Waals surface area (Å²) < 4.78 is 0. The van der Waals surface area contributed by atoms with Crippen LogP contribution < -0.4 is 0 Å². The highest BCUT2D eigenvalue weighted by molar-refractivity contribution is 7.14. The van der Waals surface area contributed by atoms with E-state index in [0.717, 1.165) is 10.6 Å². The third kappa shape index (κ3) is 2.00. The van der Waals surface area contributed by atoms with Gasteiger partial charge in [0.1, 0.15) is 5.01 Å². The fraction of sp³-hybridized carbons (Fsp3) is 0.111. The minimum atomic E-state index is -0.836. The lowest BCUT2D eigenvalue weighted by atomic mass is 10.4. The van der Waals surface area contributed by atoms with E-state index in [4.69, 9.17) is 5.11 Å². The average Bonchev–Trinajstić information content (AvgIpc) is 2.69. The van der Waals surface area contributed by atoms with Crippen LogP contribution >= 0.6 is 22.7 Å². The fourth-order valence-electron chi connectivity index (χ4n) is 1.06. The minimum Gasteiger partial charge on any atom is -0.481 e. The summed E-state index contributed by atoms with van der Waals surface area (Å²) in [7, 11) is 0. The van der Waals surface area contributed by atoms with Crippen LogP contribution in [0.3, 0.4) is 0 Å². The molecule has 0 saturated heterocycles. The number of nitrogens with zero attached hydrogens (tertiary/aromatic N) is 1. The zero-order valence-corrected chi connectivity index (χ0v) is 8.77. The fourth-order valence-corrected chi connectivity index (χ4v) is 2.60. The molecule has 0 atom stereocenters.